The highest BCUT2D eigenvalue weighted by Gasteiger charge is 2.14. The molecule has 2 N–H and O–H groups in total. The van der Waals surface area contributed by atoms with Crippen LogP contribution in [-0.2, 0) is 13.0 Å². The molecule has 0 spiro atoms. The van der Waals surface area contributed by atoms with Gasteiger partial charge in [0.15, 0.2) is 0 Å². The highest BCUT2D eigenvalue weighted by Crippen LogP contribution is 2.23. The Balaban J connectivity index is 2.00. The van der Waals surface area contributed by atoms with E-state index < -0.39 is 0 Å². The van der Waals surface area contributed by atoms with E-state index in [9.17, 15) is 0 Å². The number of aromatic amines is 1. The van der Waals surface area contributed by atoms with Gasteiger partial charge in [-0.1, -0.05) is 12.1 Å². The summed E-state index contributed by atoms with van der Waals surface area (Å²) >= 11 is 0. The van der Waals surface area contributed by atoms with Gasteiger partial charge in [-0.15, -0.1) is 0 Å². The second kappa shape index (κ2) is 4.22. The highest BCUT2D eigenvalue weighted by atomic mass is 16.5. The third-order valence-electron chi connectivity index (χ3n) is 3.05. The first-order valence-corrected chi connectivity index (χ1v) is 5.80. The van der Waals surface area contributed by atoms with Crippen LogP contribution in [-0.4, -0.2) is 23.6 Å². The predicted molar refractivity (Wildman–Crippen MR) is 66.0 cm³/mol. The lowest BCUT2D eigenvalue weighted by Gasteiger charge is -2.09. The van der Waals surface area contributed by atoms with Crippen LogP contribution in [0.1, 0.15) is 11.4 Å². The van der Waals surface area contributed by atoms with Crippen molar-refractivity contribution >= 4 is 0 Å². The SMILES string of the molecule is COc1cccc(-c2nc3c([nH]2)CNCC3)c1. The van der Waals surface area contributed by atoms with Crippen molar-refractivity contribution in [1.82, 2.24) is 15.3 Å². The smallest absolute Gasteiger partial charge is 0.137 e. The number of imidazole rings is 1. The molecule has 3 rings (SSSR count). The largest absolute Gasteiger partial charge is 0.497 e. The van der Waals surface area contributed by atoms with E-state index in [4.69, 9.17) is 4.74 Å². The molecular formula is C13H15N3O. The number of methoxy groups -OCH3 is 1. The van der Waals surface area contributed by atoms with Crippen LogP contribution in [0.2, 0.25) is 0 Å². The molecule has 4 nitrogen and oxygen atoms in total. The first kappa shape index (κ1) is 10.4. The van der Waals surface area contributed by atoms with Crippen molar-refractivity contribution in [2.45, 2.75) is 13.0 Å². The number of rotatable bonds is 2. The molecule has 0 atom stereocenters. The van der Waals surface area contributed by atoms with E-state index in [-0.39, 0.29) is 0 Å². The minimum Gasteiger partial charge on any atom is -0.497 e. The maximum absolute atomic E-state index is 5.22. The summed E-state index contributed by atoms with van der Waals surface area (Å²) < 4.78 is 5.22. The Hall–Kier alpha value is -1.81. The number of benzene rings is 1. The Morgan fingerprint density at radius 3 is 3.12 bits per heavy atom. The number of ether oxygens (including phenoxy) is 1. The zero-order valence-corrected chi connectivity index (χ0v) is 9.79. The van der Waals surface area contributed by atoms with Crippen molar-refractivity contribution in [3.8, 4) is 17.1 Å². The van der Waals surface area contributed by atoms with Gasteiger partial charge in [0.05, 0.1) is 18.5 Å². The van der Waals surface area contributed by atoms with Crippen LogP contribution in [0.25, 0.3) is 11.4 Å². The van der Waals surface area contributed by atoms with Crippen molar-refractivity contribution in [2.24, 2.45) is 0 Å². The first-order chi connectivity index (χ1) is 8.36. The van der Waals surface area contributed by atoms with Crippen LogP contribution in [0, 0.1) is 0 Å². The van der Waals surface area contributed by atoms with Gasteiger partial charge in [0, 0.05) is 25.1 Å². The summed E-state index contributed by atoms with van der Waals surface area (Å²) in [7, 11) is 1.68. The van der Waals surface area contributed by atoms with E-state index in [0.717, 1.165) is 36.6 Å². The van der Waals surface area contributed by atoms with Gasteiger partial charge in [-0.3, -0.25) is 0 Å². The fourth-order valence-corrected chi connectivity index (χ4v) is 2.13. The second-order valence-corrected chi connectivity index (χ2v) is 4.17. The fraction of sp³-hybridized carbons (Fsp3) is 0.308. The Bertz CT molecular complexity index is 510. The van der Waals surface area contributed by atoms with Crippen LogP contribution >= 0.6 is 0 Å². The first-order valence-electron chi connectivity index (χ1n) is 5.80. The lowest BCUT2D eigenvalue weighted by atomic mass is 10.2. The summed E-state index contributed by atoms with van der Waals surface area (Å²) in [6, 6.07) is 7.96. The lowest BCUT2D eigenvalue weighted by molar-refractivity contribution is 0.415. The average Bonchev–Trinajstić information content (AvgIpc) is 2.82. The molecule has 0 radical (unpaired) electrons. The standard InChI is InChI=1S/C13H15N3O/c1-17-10-4-2-3-9(7-10)13-15-11-5-6-14-8-12(11)16-13/h2-4,7,14H,5-6,8H2,1H3,(H,15,16). The van der Waals surface area contributed by atoms with E-state index in [0.29, 0.717) is 0 Å². The van der Waals surface area contributed by atoms with Crippen molar-refractivity contribution in [1.29, 1.82) is 0 Å². The molecule has 1 aromatic carbocycles. The predicted octanol–water partition coefficient (Wildman–Crippen LogP) is 1.73. The maximum Gasteiger partial charge on any atom is 0.137 e. The summed E-state index contributed by atoms with van der Waals surface area (Å²) in [6.45, 7) is 1.89. The summed E-state index contributed by atoms with van der Waals surface area (Å²) in [5.41, 5.74) is 3.45. The van der Waals surface area contributed by atoms with E-state index >= 15 is 0 Å². The minimum absolute atomic E-state index is 0.856. The van der Waals surface area contributed by atoms with Gasteiger partial charge in [0.1, 0.15) is 11.6 Å². The van der Waals surface area contributed by atoms with Gasteiger partial charge in [-0.25, -0.2) is 4.98 Å². The molecule has 0 unspecified atom stereocenters. The van der Waals surface area contributed by atoms with Crippen molar-refractivity contribution < 1.29 is 4.74 Å². The van der Waals surface area contributed by atoms with Gasteiger partial charge in [-0.2, -0.15) is 0 Å². The van der Waals surface area contributed by atoms with E-state index in [1.165, 1.54) is 11.4 Å². The summed E-state index contributed by atoms with van der Waals surface area (Å²) in [5, 5.41) is 3.33. The van der Waals surface area contributed by atoms with E-state index in [1.54, 1.807) is 7.11 Å². The highest BCUT2D eigenvalue weighted by molar-refractivity contribution is 5.58. The van der Waals surface area contributed by atoms with Crippen LogP contribution in [0.5, 0.6) is 5.75 Å². The Kier molecular flexibility index (Phi) is 2.57. The number of hydrogen-bond donors (Lipinski definition) is 2. The molecule has 1 aliphatic heterocycles. The average molecular weight is 229 g/mol. The Morgan fingerprint density at radius 2 is 2.29 bits per heavy atom. The van der Waals surface area contributed by atoms with Gasteiger partial charge in [-0.05, 0) is 12.1 Å². The lowest BCUT2D eigenvalue weighted by Crippen LogP contribution is -2.23. The maximum atomic E-state index is 5.22. The minimum atomic E-state index is 0.856. The number of aromatic nitrogens is 2. The Labute approximate surface area is 100 Å². The molecule has 0 fully saturated rings. The fourth-order valence-electron chi connectivity index (χ4n) is 2.13. The van der Waals surface area contributed by atoms with E-state index in [1.807, 2.05) is 24.3 Å². The number of nitrogens with zero attached hydrogens (tertiary/aromatic N) is 1. The molecule has 1 aliphatic rings. The van der Waals surface area contributed by atoms with Crippen molar-refractivity contribution in [3.05, 3.63) is 35.7 Å². The van der Waals surface area contributed by atoms with Crippen molar-refractivity contribution in [2.75, 3.05) is 13.7 Å². The molecule has 0 amide bonds. The summed E-state index contributed by atoms with van der Waals surface area (Å²) in [4.78, 5) is 8.02. The number of H-pyrrole nitrogens is 1. The molecule has 0 bridgehead atoms. The van der Waals surface area contributed by atoms with Crippen LogP contribution < -0.4 is 10.1 Å². The molecule has 2 heterocycles. The zero-order valence-electron chi connectivity index (χ0n) is 9.79. The Morgan fingerprint density at radius 1 is 1.35 bits per heavy atom. The normalized spacial score (nSPS) is 14.4. The number of nitrogens with one attached hydrogen (secondary N) is 2. The van der Waals surface area contributed by atoms with Gasteiger partial charge in [0.2, 0.25) is 0 Å². The van der Waals surface area contributed by atoms with Gasteiger partial charge in [0.25, 0.3) is 0 Å². The van der Waals surface area contributed by atoms with Gasteiger partial charge >= 0.3 is 0 Å². The molecule has 4 heteroatoms. The molecule has 88 valence electrons. The molecule has 2 aromatic rings. The molecular weight excluding hydrogens is 214 g/mol. The number of hydrogen-bond acceptors (Lipinski definition) is 3. The zero-order chi connectivity index (χ0) is 11.7. The van der Waals surface area contributed by atoms with Crippen LogP contribution in [0.15, 0.2) is 24.3 Å². The summed E-state index contributed by atoms with van der Waals surface area (Å²) in [6.07, 6.45) is 0.996. The van der Waals surface area contributed by atoms with Crippen molar-refractivity contribution in [3.63, 3.8) is 0 Å². The monoisotopic (exact) mass is 229 g/mol. The van der Waals surface area contributed by atoms with E-state index in [2.05, 4.69) is 15.3 Å². The quantitative estimate of drug-likeness (QED) is 0.824. The molecule has 0 saturated carbocycles. The summed E-state index contributed by atoms with van der Waals surface area (Å²) in [5.74, 6) is 1.78. The molecule has 0 saturated heterocycles. The molecule has 0 aliphatic carbocycles. The third kappa shape index (κ3) is 1.91. The second-order valence-electron chi connectivity index (χ2n) is 4.17. The molecule has 1 aromatic heterocycles. The topological polar surface area (TPSA) is 49.9 Å². The third-order valence-corrected chi connectivity index (χ3v) is 3.05. The van der Waals surface area contributed by atoms with Crippen LogP contribution in [0.3, 0.4) is 0 Å². The van der Waals surface area contributed by atoms with Crippen LogP contribution in [0.4, 0.5) is 0 Å². The molecule has 17 heavy (non-hydrogen) atoms. The van der Waals surface area contributed by atoms with Gasteiger partial charge < -0.3 is 15.0 Å². The number of fused-ring (bicyclic) bond motifs is 1.